The van der Waals surface area contributed by atoms with Gasteiger partial charge in [-0.05, 0) is 65.1 Å². The largest absolute Gasteiger partial charge is 0.496 e. The van der Waals surface area contributed by atoms with Crippen molar-refractivity contribution in [3.8, 4) is 16.5 Å². The third-order valence-electron chi connectivity index (χ3n) is 9.17. The van der Waals surface area contributed by atoms with Gasteiger partial charge in [-0.3, -0.25) is 9.36 Å². The van der Waals surface area contributed by atoms with E-state index in [4.69, 9.17) is 13.9 Å². The molecule has 0 saturated carbocycles. The molecule has 6 rings (SSSR count). The van der Waals surface area contributed by atoms with Crippen LogP contribution in [0.1, 0.15) is 56.8 Å². The highest BCUT2D eigenvalue weighted by atomic mass is 32.1. The summed E-state index contributed by atoms with van der Waals surface area (Å²) in [6.45, 7) is 4.51. The number of aromatic nitrogens is 3. The molecule has 4 aromatic rings. The lowest BCUT2D eigenvalue weighted by molar-refractivity contribution is -0.146. The minimum Gasteiger partial charge on any atom is -0.496 e. The number of rotatable bonds is 9. The summed E-state index contributed by atoms with van der Waals surface area (Å²) in [5.41, 5.74) is -1.87. The van der Waals surface area contributed by atoms with Crippen molar-refractivity contribution in [2.45, 2.75) is 82.8 Å². The zero-order valence-electron chi connectivity index (χ0n) is 24.9. The number of fused-ring (bicyclic) bond motifs is 3. The van der Waals surface area contributed by atoms with Crippen LogP contribution in [0.2, 0.25) is 0 Å². The first kappa shape index (κ1) is 29.3. The molecule has 0 radical (unpaired) electrons. The topological polar surface area (TPSA) is 129 Å². The van der Waals surface area contributed by atoms with Gasteiger partial charge in [-0.2, -0.15) is 0 Å². The Balaban J connectivity index is 1.54. The van der Waals surface area contributed by atoms with E-state index in [1.807, 2.05) is 24.3 Å². The summed E-state index contributed by atoms with van der Waals surface area (Å²) < 4.78 is 20.5. The lowest BCUT2D eigenvalue weighted by Gasteiger charge is -2.38. The number of nitrogens with zero attached hydrogens (tertiary/aromatic N) is 4. The number of methoxy groups -OCH3 is 1. The zero-order valence-corrected chi connectivity index (χ0v) is 25.7. The average Bonchev–Trinajstić information content (AvgIpc) is 3.66. The van der Waals surface area contributed by atoms with Crippen molar-refractivity contribution >= 4 is 27.5 Å². The van der Waals surface area contributed by atoms with Gasteiger partial charge in [-0.15, -0.1) is 11.3 Å². The predicted octanol–water partition coefficient (Wildman–Crippen LogP) is 4.40. The van der Waals surface area contributed by atoms with Gasteiger partial charge in [0.2, 0.25) is 5.89 Å². The molecule has 3 atom stereocenters. The monoisotopic (exact) mass is 608 g/mol. The van der Waals surface area contributed by atoms with E-state index >= 15 is 0 Å². The first-order valence-corrected chi connectivity index (χ1v) is 15.3. The summed E-state index contributed by atoms with van der Waals surface area (Å²) in [4.78, 5) is 48.3. The second-order valence-corrected chi connectivity index (χ2v) is 13.0. The zero-order chi connectivity index (χ0) is 30.6. The third kappa shape index (κ3) is 4.91. The number of para-hydroxylation sites is 1. The molecule has 43 heavy (non-hydrogen) atoms. The summed E-state index contributed by atoms with van der Waals surface area (Å²) in [5.74, 6) is -0.354. The van der Waals surface area contributed by atoms with E-state index in [1.54, 1.807) is 14.0 Å². The molecule has 12 heteroatoms. The van der Waals surface area contributed by atoms with Crippen LogP contribution in [0.15, 0.2) is 50.7 Å². The number of hydrogen-bond acceptors (Lipinski definition) is 9. The Bertz CT molecular complexity index is 1770. The fourth-order valence-corrected chi connectivity index (χ4v) is 7.90. The molecular weight excluding hydrogens is 572 g/mol. The lowest BCUT2D eigenvalue weighted by atomic mass is 9.99. The SMILES string of the molecule is COc1ccccc1C(Cn1c(=O)n(C(C)(C)C(=O)O)c(=O)c2c(C)c(-c3ncco3)sc21)OC1CC2CCC(C1)N2C. The number of aryl methyl sites for hydroxylation is 1. The molecule has 3 aromatic heterocycles. The second kappa shape index (κ2) is 11.1. The average molecular weight is 609 g/mol. The van der Waals surface area contributed by atoms with E-state index < -0.39 is 28.9 Å². The number of carboxylic acids is 1. The van der Waals surface area contributed by atoms with Crippen LogP contribution in [0, 0.1) is 6.92 Å². The fourth-order valence-electron chi connectivity index (χ4n) is 6.65. The van der Waals surface area contributed by atoms with Crippen LogP contribution in [-0.4, -0.2) is 62.4 Å². The number of piperidine rings is 1. The van der Waals surface area contributed by atoms with Gasteiger partial charge in [0.25, 0.3) is 5.56 Å². The van der Waals surface area contributed by atoms with Crippen LogP contribution in [-0.2, 0) is 21.6 Å². The highest BCUT2D eigenvalue weighted by Gasteiger charge is 2.41. The van der Waals surface area contributed by atoms with Gasteiger partial charge in [0.15, 0.2) is 0 Å². The van der Waals surface area contributed by atoms with Gasteiger partial charge in [-0.1, -0.05) is 18.2 Å². The summed E-state index contributed by atoms with van der Waals surface area (Å²) in [5, 5.41) is 10.3. The number of carboxylic acid groups (broad SMARTS) is 1. The van der Waals surface area contributed by atoms with E-state index in [0.29, 0.717) is 39.0 Å². The predicted molar refractivity (Wildman–Crippen MR) is 162 cm³/mol. The van der Waals surface area contributed by atoms with Crippen LogP contribution in [0.25, 0.3) is 21.0 Å². The number of hydrogen-bond donors (Lipinski definition) is 1. The van der Waals surface area contributed by atoms with E-state index in [1.165, 1.54) is 42.2 Å². The van der Waals surface area contributed by atoms with Crippen molar-refractivity contribution in [1.82, 2.24) is 19.0 Å². The van der Waals surface area contributed by atoms with Crippen molar-refractivity contribution in [1.29, 1.82) is 0 Å². The standard InChI is InChI=1S/C31H36N4O7S/c1-17-24-27(36)35(31(2,3)29(37)38)30(39)34(28(24)43-25(17)26-32-12-13-41-26)16-23(21-8-6-7-9-22(21)40-5)42-20-14-18-10-11-19(15-20)33(18)4/h6-9,12-13,18-20,23H,10-11,14-16H2,1-5H3,(H,37,38). The van der Waals surface area contributed by atoms with Gasteiger partial charge in [0, 0.05) is 17.6 Å². The minimum atomic E-state index is -1.81. The normalized spacial score (nSPS) is 21.4. The van der Waals surface area contributed by atoms with Crippen molar-refractivity contribution < 1.29 is 23.8 Å². The van der Waals surface area contributed by atoms with E-state index in [9.17, 15) is 19.5 Å². The van der Waals surface area contributed by atoms with Gasteiger partial charge in [0.1, 0.15) is 28.5 Å². The molecule has 5 heterocycles. The number of carbonyl (C=O) groups is 1. The summed E-state index contributed by atoms with van der Waals surface area (Å²) in [6.07, 6.45) is 6.32. The van der Waals surface area contributed by atoms with Crippen LogP contribution in [0.3, 0.4) is 0 Å². The maximum Gasteiger partial charge on any atom is 0.333 e. The Kier molecular flexibility index (Phi) is 7.55. The van der Waals surface area contributed by atoms with Crippen LogP contribution in [0.4, 0.5) is 0 Å². The molecule has 11 nitrogen and oxygen atoms in total. The molecule has 0 spiro atoms. The van der Waals surface area contributed by atoms with Gasteiger partial charge in [0.05, 0.1) is 36.2 Å². The molecule has 2 aliphatic rings. The molecule has 1 N–H and O–H groups in total. The van der Waals surface area contributed by atoms with E-state index in [0.717, 1.165) is 35.8 Å². The number of ether oxygens (including phenoxy) is 2. The molecule has 1 aromatic carbocycles. The maximum atomic E-state index is 14.3. The highest BCUT2D eigenvalue weighted by Crippen LogP contribution is 2.40. The first-order chi connectivity index (χ1) is 20.5. The van der Waals surface area contributed by atoms with Crippen molar-refractivity contribution in [2.24, 2.45) is 0 Å². The van der Waals surface area contributed by atoms with Gasteiger partial charge >= 0.3 is 11.7 Å². The van der Waals surface area contributed by atoms with Crippen LogP contribution in [0.5, 0.6) is 5.75 Å². The van der Waals surface area contributed by atoms with Gasteiger partial charge in [-0.25, -0.2) is 19.1 Å². The Labute approximate surface area is 252 Å². The Hall–Kier alpha value is -3.74. The first-order valence-electron chi connectivity index (χ1n) is 14.5. The highest BCUT2D eigenvalue weighted by molar-refractivity contribution is 7.22. The molecule has 2 saturated heterocycles. The molecule has 2 fully saturated rings. The molecule has 0 aliphatic carbocycles. The van der Waals surface area contributed by atoms with Crippen LogP contribution >= 0.6 is 11.3 Å². The summed E-state index contributed by atoms with van der Waals surface area (Å²) in [7, 11) is 3.77. The summed E-state index contributed by atoms with van der Waals surface area (Å²) >= 11 is 1.22. The molecular formula is C31H36N4O7S. The smallest absolute Gasteiger partial charge is 0.333 e. The maximum absolute atomic E-state index is 14.3. The quantitative estimate of drug-likeness (QED) is 0.294. The Morgan fingerprint density at radius 1 is 1.21 bits per heavy atom. The van der Waals surface area contributed by atoms with Crippen LogP contribution < -0.4 is 16.0 Å². The Morgan fingerprint density at radius 2 is 1.91 bits per heavy atom. The second-order valence-electron chi connectivity index (χ2n) is 12.0. The minimum absolute atomic E-state index is 0.0378. The number of thiophene rings is 1. The Morgan fingerprint density at radius 3 is 2.53 bits per heavy atom. The molecule has 2 aliphatic heterocycles. The fraction of sp³-hybridized carbons (Fsp3) is 0.484. The van der Waals surface area contributed by atoms with E-state index in [2.05, 4.69) is 16.9 Å². The van der Waals surface area contributed by atoms with Crippen molar-refractivity contribution in [3.05, 3.63) is 68.7 Å². The molecule has 228 valence electrons. The number of benzene rings is 1. The molecule has 0 amide bonds. The number of aliphatic carboxylic acids is 1. The van der Waals surface area contributed by atoms with Gasteiger partial charge < -0.3 is 23.9 Å². The third-order valence-corrected chi connectivity index (χ3v) is 10.5. The number of oxazole rings is 1. The summed E-state index contributed by atoms with van der Waals surface area (Å²) in [6, 6.07) is 8.43. The lowest BCUT2D eigenvalue weighted by Crippen LogP contribution is -2.52. The van der Waals surface area contributed by atoms with Crippen molar-refractivity contribution in [3.63, 3.8) is 0 Å². The molecule has 2 bridgehead atoms. The molecule has 3 unspecified atom stereocenters. The van der Waals surface area contributed by atoms with Crippen molar-refractivity contribution in [2.75, 3.05) is 14.2 Å². The van der Waals surface area contributed by atoms with E-state index in [-0.39, 0.29) is 18.0 Å².